The van der Waals surface area contributed by atoms with Gasteiger partial charge in [-0.1, -0.05) is 325 Å². The lowest BCUT2D eigenvalue weighted by atomic mass is 10.0. The summed E-state index contributed by atoms with van der Waals surface area (Å²) in [6, 6.07) is 0. The minimum atomic E-state index is -0.785. The van der Waals surface area contributed by atoms with Crippen molar-refractivity contribution in [3.8, 4) is 0 Å². The molecule has 0 rings (SSSR count). The third-order valence-corrected chi connectivity index (χ3v) is 15.4. The van der Waals surface area contributed by atoms with E-state index in [0.29, 0.717) is 19.3 Å². The Labute approximate surface area is 497 Å². The highest BCUT2D eigenvalue weighted by molar-refractivity contribution is 5.71. The summed E-state index contributed by atoms with van der Waals surface area (Å²) in [5, 5.41) is 0. The van der Waals surface area contributed by atoms with Crippen LogP contribution in [0.4, 0.5) is 0 Å². The van der Waals surface area contributed by atoms with E-state index in [-0.39, 0.29) is 31.1 Å². The van der Waals surface area contributed by atoms with Crippen molar-refractivity contribution >= 4 is 17.9 Å². The maximum atomic E-state index is 12.9. The van der Waals surface area contributed by atoms with Crippen molar-refractivity contribution in [3.63, 3.8) is 0 Å². The molecule has 1 unspecified atom stereocenters. The van der Waals surface area contributed by atoms with Gasteiger partial charge in [-0.3, -0.25) is 14.4 Å². The Morgan fingerprint density at radius 3 is 0.762 bits per heavy atom. The first-order valence-corrected chi connectivity index (χ1v) is 34.9. The van der Waals surface area contributed by atoms with Gasteiger partial charge in [0.1, 0.15) is 13.2 Å². The normalized spacial score (nSPS) is 12.5. The van der Waals surface area contributed by atoms with E-state index >= 15 is 0 Å². The molecule has 0 aliphatic rings. The zero-order chi connectivity index (χ0) is 57.8. The van der Waals surface area contributed by atoms with Gasteiger partial charge in [-0.25, -0.2) is 0 Å². The number of ether oxygens (including phenoxy) is 3. The van der Waals surface area contributed by atoms with Crippen molar-refractivity contribution in [1.82, 2.24) is 0 Å². The van der Waals surface area contributed by atoms with Crippen LogP contribution in [0.2, 0.25) is 0 Å². The number of rotatable bonds is 64. The van der Waals surface area contributed by atoms with Gasteiger partial charge in [0.15, 0.2) is 6.10 Å². The fourth-order valence-electron chi connectivity index (χ4n) is 10.2. The average Bonchev–Trinajstić information content (AvgIpc) is 3.46. The van der Waals surface area contributed by atoms with E-state index in [1.165, 1.54) is 218 Å². The first kappa shape index (κ1) is 76.9. The first-order valence-electron chi connectivity index (χ1n) is 34.9. The summed E-state index contributed by atoms with van der Waals surface area (Å²) in [5.74, 6) is -0.889. The van der Waals surface area contributed by atoms with E-state index in [1.54, 1.807) is 0 Å². The summed E-state index contributed by atoms with van der Waals surface area (Å²) in [5.41, 5.74) is 0. The number of esters is 3. The Balaban J connectivity index is 4.05. The summed E-state index contributed by atoms with van der Waals surface area (Å²) >= 11 is 0. The van der Waals surface area contributed by atoms with Crippen molar-refractivity contribution in [1.29, 1.82) is 0 Å². The molecule has 0 aliphatic carbocycles. The summed E-state index contributed by atoms with van der Waals surface area (Å²) in [6.45, 7) is 6.52. The van der Waals surface area contributed by atoms with Gasteiger partial charge in [0, 0.05) is 19.3 Å². The summed E-state index contributed by atoms with van der Waals surface area (Å²) in [4.78, 5) is 38.2. The molecule has 0 spiro atoms. The van der Waals surface area contributed by atoms with Gasteiger partial charge >= 0.3 is 17.9 Å². The number of hydrogen-bond acceptors (Lipinski definition) is 6. The molecule has 0 saturated heterocycles. The van der Waals surface area contributed by atoms with E-state index in [0.717, 1.165) is 103 Å². The monoisotopic (exact) mass is 1120 g/mol. The zero-order valence-electron chi connectivity index (χ0n) is 53.3. The second kappa shape index (κ2) is 68.3. The van der Waals surface area contributed by atoms with Crippen LogP contribution in [-0.4, -0.2) is 37.2 Å². The van der Waals surface area contributed by atoms with E-state index < -0.39 is 6.10 Å². The number of allylic oxidation sites excluding steroid dienone is 12. The topological polar surface area (TPSA) is 78.9 Å². The number of carbonyl (C=O) groups is 3. The molecule has 80 heavy (non-hydrogen) atoms. The largest absolute Gasteiger partial charge is 0.462 e. The molecular formula is C74H132O6. The molecule has 464 valence electrons. The molecule has 6 heteroatoms. The Kier molecular flexibility index (Phi) is 65.7. The van der Waals surface area contributed by atoms with Crippen molar-refractivity contribution < 1.29 is 28.6 Å². The predicted molar refractivity (Wildman–Crippen MR) is 348 cm³/mol. The lowest BCUT2D eigenvalue weighted by Crippen LogP contribution is -2.30. The van der Waals surface area contributed by atoms with E-state index in [2.05, 4.69) is 93.7 Å². The lowest BCUT2D eigenvalue weighted by Gasteiger charge is -2.18. The molecule has 0 aromatic heterocycles. The van der Waals surface area contributed by atoms with Crippen LogP contribution >= 0.6 is 0 Å². The molecule has 0 radical (unpaired) electrons. The van der Waals surface area contributed by atoms with Crippen LogP contribution in [0.15, 0.2) is 72.9 Å². The van der Waals surface area contributed by atoms with Gasteiger partial charge in [-0.15, -0.1) is 0 Å². The van der Waals surface area contributed by atoms with Gasteiger partial charge < -0.3 is 14.2 Å². The molecule has 0 saturated carbocycles. The Hall–Kier alpha value is -3.15. The first-order chi connectivity index (χ1) is 39.5. The van der Waals surface area contributed by atoms with Crippen LogP contribution in [0.3, 0.4) is 0 Å². The Bertz CT molecular complexity index is 1470. The van der Waals surface area contributed by atoms with Gasteiger partial charge in [0.05, 0.1) is 0 Å². The van der Waals surface area contributed by atoms with E-state index in [4.69, 9.17) is 14.2 Å². The van der Waals surface area contributed by atoms with Crippen LogP contribution < -0.4 is 0 Å². The molecule has 0 aliphatic heterocycles. The Morgan fingerprint density at radius 2 is 0.487 bits per heavy atom. The smallest absolute Gasteiger partial charge is 0.306 e. The van der Waals surface area contributed by atoms with Crippen LogP contribution in [0.5, 0.6) is 0 Å². The second-order valence-electron chi connectivity index (χ2n) is 23.4. The maximum absolute atomic E-state index is 12.9. The highest BCUT2D eigenvalue weighted by Gasteiger charge is 2.19. The highest BCUT2D eigenvalue weighted by atomic mass is 16.6. The second-order valence-corrected chi connectivity index (χ2v) is 23.4. The summed E-state index contributed by atoms with van der Waals surface area (Å²) in [6.07, 6.45) is 89.6. The standard InChI is InChI=1S/C74H132O6/c1-4-7-10-13-16-19-22-24-26-28-29-30-31-32-33-34-35-36-37-38-39-40-41-42-43-44-45-47-48-50-52-55-58-61-64-67-73(76)79-70-71(69-78-72(75)66-63-60-57-54-21-18-15-12-9-6-3)80-74(77)68-65-62-59-56-53-51-49-46-27-25-23-20-17-14-11-8-5-2/h8,11,17,20,22,24-25,27-29,49,51,71H,4-7,9-10,12-16,18-19,21,23,26,30-48,50,52-70H2,1-3H3/b11-8-,20-17-,24-22-,27-25-,29-28-,51-49-. The fraction of sp³-hybridized carbons (Fsp3) is 0.797. The summed E-state index contributed by atoms with van der Waals surface area (Å²) < 4.78 is 16.9. The molecule has 0 amide bonds. The van der Waals surface area contributed by atoms with E-state index in [1.807, 2.05) is 0 Å². The van der Waals surface area contributed by atoms with Crippen molar-refractivity contribution in [2.45, 2.75) is 367 Å². The summed E-state index contributed by atoms with van der Waals surface area (Å²) in [7, 11) is 0. The van der Waals surface area contributed by atoms with Gasteiger partial charge in [0.2, 0.25) is 0 Å². The molecule has 0 aromatic carbocycles. The zero-order valence-corrected chi connectivity index (χ0v) is 53.3. The Morgan fingerprint density at radius 1 is 0.263 bits per heavy atom. The minimum Gasteiger partial charge on any atom is -0.462 e. The van der Waals surface area contributed by atoms with Crippen LogP contribution in [0, 0.1) is 0 Å². The van der Waals surface area contributed by atoms with Crippen LogP contribution in [0.1, 0.15) is 361 Å². The van der Waals surface area contributed by atoms with Crippen LogP contribution in [0.25, 0.3) is 0 Å². The molecule has 1 atom stereocenters. The quantitative estimate of drug-likeness (QED) is 0.0261. The van der Waals surface area contributed by atoms with Gasteiger partial charge in [0.25, 0.3) is 0 Å². The third-order valence-electron chi connectivity index (χ3n) is 15.4. The average molecular weight is 1120 g/mol. The molecule has 0 bridgehead atoms. The van der Waals surface area contributed by atoms with Gasteiger partial charge in [-0.05, 0) is 89.9 Å². The van der Waals surface area contributed by atoms with Crippen LogP contribution in [-0.2, 0) is 28.6 Å². The molecule has 0 aromatic rings. The highest BCUT2D eigenvalue weighted by Crippen LogP contribution is 2.18. The lowest BCUT2D eigenvalue weighted by molar-refractivity contribution is -0.167. The number of carbonyl (C=O) groups excluding carboxylic acids is 3. The number of unbranched alkanes of at least 4 members (excludes halogenated alkanes) is 41. The van der Waals surface area contributed by atoms with Gasteiger partial charge in [-0.2, -0.15) is 0 Å². The molecule has 0 heterocycles. The molecular weight excluding hydrogens is 985 g/mol. The minimum absolute atomic E-state index is 0.0808. The molecule has 0 N–H and O–H groups in total. The van der Waals surface area contributed by atoms with Crippen molar-refractivity contribution in [2.24, 2.45) is 0 Å². The van der Waals surface area contributed by atoms with Crippen molar-refractivity contribution in [3.05, 3.63) is 72.9 Å². The molecule has 6 nitrogen and oxygen atoms in total. The predicted octanol–water partition coefficient (Wildman–Crippen LogP) is 24.1. The van der Waals surface area contributed by atoms with E-state index in [9.17, 15) is 14.4 Å². The fourth-order valence-corrected chi connectivity index (χ4v) is 10.2. The third kappa shape index (κ3) is 65.7. The maximum Gasteiger partial charge on any atom is 0.306 e. The number of hydrogen-bond donors (Lipinski definition) is 0. The van der Waals surface area contributed by atoms with Crippen molar-refractivity contribution in [2.75, 3.05) is 13.2 Å². The molecule has 0 fully saturated rings. The SMILES string of the molecule is CC/C=C\C/C=C\C/C=C\C/C=C\CCCCCCC(=O)OC(COC(=O)CCCCCCCCCCCC)COC(=O)CCCCCCCCCCCCCCCCCCCCCCCCC/C=C\C/C=C\CCCCCCC.